The molecule has 1 aromatic carbocycles. The maximum absolute atomic E-state index is 10.2. The number of hydrogen-bond acceptors (Lipinski definition) is 3. The van der Waals surface area contributed by atoms with Crippen LogP contribution in [0.15, 0.2) is 30.9 Å². The molecule has 0 aromatic heterocycles. The van der Waals surface area contributed by atoms with Gasteiger partial charge in [0.25, 0.3) is 0 Å². The Bertz CT molecular complexity index is 414. The third kappa shape index (κ3) is 4.00. The number of hydrogen-bond donors (Lipinski definition) is 1. The maximum Gasteiger partial charge on any atom is 0.161 e. The summed E-state index contributed by atoms with van der Waals surface area (Å²) in [5.41, 5.74) is 0.910. The number of aliphatic hydroxyl groups is 1. The van der Waals surface area contributed by atoms with Gasteiger partial charge in [0.1, 0.15) is 13.2 Å². The van der Waals surface area contributed by atoms with Gasteiger partial charge in [0, 0.05) is 0 Å². The quantitative estimate of drug-likeness (QED) is 0.602. The van der Waals surface area contributed by atoms with Crippen LogP contribution in [0.3, 0.4) is 0 Å². The van der Waals surface area contributed by atoms with Crippen molar-refractivity contribution in [2.24, 2.45) is 0 Å². The summed E-state index contributed by atoms with van der Waals surface area (Å²) in [7, 11) is 0. The Morgan fingerprint density at radius 2 is 1.95 bits per heavy atom. The van der Waals surface area contributed by atoms with Crippen LogP contribution in [0.5, 0.6) is 11.5 Å². The fourth-order valence-corrected chi connectivity index (χ4v) is 2.24. The number of aliphatic hydroxyl groups excluding tert-OH is 1. The van der Waals surface area contributed by atoms with Gasteiger partial charge < -0.3 is 14.6 Å². The highest BCUT2D eigenvalue weighted by Gasteiger charge is 2.15. The molecular formula is C16H22O3. The molecule has 104 valence electrons. The number of rotatable bonds is 7. The van der Waals surface area contributed by atoms with Crippen LogP contribution in [0.1, 0.15) is 43.8 Å². The lowest BCUT2D eigenvalue weighted by molar-refractivity contribution is 0.157. The van der Waals surface area contributed by atoms with Crippen LogP contribution in [0.25, 0.3) is 0 Å². The summed E-state index contributed by atoms with van der Waals surface area (Å²) < 4.78 is 11.0. The molecule has 0 bridgehead atoms. The van der Waals surface area contributed by atoms with Crippen LogP contribution in [-0.4, -0.2) is 18.3 Å². The molecule has 1 N–H and O–H groups in total. The van der Waals surface area contributed by atoms with E-state index in [1.54, 1.807) is 0 Å². The minimum Gasteiger partial charge on any atom is -0.486 e. The van der Waals surface area contributed by atoms with Gasteiger partial charge >= 0.3 is 0 Å². The molecule has 1 heterocycles. The van der Waals surface area contributed by atoms with Crippen molar-refractivity contribution in [3.63, 3.8) is 0 Å². The zero-order valence-corrected chi connectivity index (χ0v) is 11.3. The molecule has 19 heavy (non-hydrogen) atoms. The third-order valence-corrected chi connectivity index (χ3v) is 3.34. The fourth-order valence-electron chi connectivity index (χ4n) is 2.24. The lowest BCUT2D eigenvalue weighted by Gasteiger charge is -2.20. The van der Waals surface area contributed by atoms with Gasteiger partial charge in [0.2, 0.25) is 0 Å². The highest BCUT2D eigenvalue weighted by atomic mass is 16.6. The number of ether oxygens (including phenoxy) is 2. The molecule has 0 amide bonds. The first-order chi connectivity index (χ1) is 9.31. The van der Waals surface area contributed by atoms with Gasteiger partial charge in [-0.2, -0.15) is 0 Å². The van der Waals surface area contributed by atoms with Crippen molar-refractivity contribution in [1.82, 2.24) is 0 Å². The van der Waals surface area contributed by atoms with Gasteiger partial charge in [-0.3, -0.25) is 0 Å². The van der Waals surface area contributed by atoms with E-state index < -0.39 is 6.10 Å². The van der Waals surface area contributed by atoms with Gasteiger partial charge in [-0.1, -0.05) is 25.0 Å². The summed E-state index contributed by atoms with van der Waals surface area (Å²) >= 11 is 0. The summed E-state index contributed by atoms with van der Waals surface area (Å²) in [5.74, 6) is 1.52. The summed E-state index contributed by atoms with van der Waals surface area (Å²) in [6, 6.07) is 5.69. The molecular weight excluding hydrogens is 240 g/mol. The number of fused-ring (bicyclic) bond motifs is 1. The maximum atomic E-state index is 10.2. The highest BCUT2D eigenvalue weighted by molar-refractivity contribution is 5.44. The second-order valence-corrected chi connectivity index (χ2v) is 4.85. The van der Waals surface area contributed by atoms with E-state index in [9.17, 15) is 5.11 Å². The summed E-state index contributed by atoms with van der Waals surface area (Å²) in [5, 5.41) is 10.2. The first-order valence-corrected chi connectivity index (χ1v) is 7.00. The molecule has 3 heteroatoms. The van der Waals surface area contributed by atoms with Crippen molar-refractivity contribution in [1.29, 1.82) is 0 Å². The average molecular weight is 262 g/mol. The largest absolute Gasteiger partial charge is 0.486 e. The SMILES string of the molecule is C=CCCCCCC(O)c1ccc2c(c1)OCCO2. The topological polar surface area (TPSA) is 38.7 Å². The van der Waals surface area contributed by atoms with Gasteiger partial charge in [-0.25, -0.2) is 0 Å². The van der Waals surface area contributed by atoms with Gasteiger partial charge in [0.05, 0.1) is 6.10 Å². The fraction of sp³-hybridized carbons (Fsp3) is 0.500. The van der Waals surface area contributed by atoms with E-state index in [0.717, 1.165) is 49.2 Å². The second-order valence-electron chi connectivity index (χ2n) is 4.85. The molecule has 0 saturated heterocycles. The molecule has 1 aromatic rings. The van der Waals surface area contributed by atoms with E-state index in [1.165, 1.54) is 0 Å². The Morgan fingerprint density at radius 3 is 2.74 bits per heavy atom. The van der Waals surface area contributed by atoms with Crippen LogP contribution in [0, 0.1) is 0 Å². The summed E-state index contributed by atoms with van der Waals surface area (Å²) in [6.07, 6.45) is 6.68. The molecule has 0 radical (unpaired) electrons. The van der Waals surface area contributed by atoms with Crippen LogP contribution < -0.4 is 9.47 Å². The molecule has 2 rings (SSSR count). The standard InChI is InChI=1S/C16H22O3/c1-2-3-4-5-6-7-14(17)13-8-9-15-16(12-13)19-11-10-18-15/h2,8-9,12,14,17H,1,3-7,10-11H2. The van der Waals surface area contributed by atoms with Crippen molar-refractivity contribution in [3.8, 4) is 11.5 Å². The second kappa shape index (κ2) is 7.19. The molecule has 1 aliphatic heterocycles. The van der Waals surface area contributed by atoms with Crippen molar-refractivity contribution >= 4 is 0 Å². The molecule has 1 aliphatic rings. The highest BCUT2D eigenvalue weighted by Crippen LogP contribution is 2.33. The average Bonchev–Trinajstić information content (AvgIpc) is 2.46. The summed E-state index contributed by atoms with van der Waals surface area (Å²) in [4.78, 5) is 0. The minimum atomic E-state index is -0.417. The van der Waals surface area contributed by atoms with Crippen LogP contribution >= 0.6 is 0 Å². The monoisotopic (exact) mass is 262 g/mol. The third-order valence-electron chi connectivity index (χ3n) is 3.34. The molecule has 0 aliphatic carbocycles. The van der Waals surface area contributed by atoms with E-state index in [0.29, 0.717) is 13.2 Å². The molecule has 0 fully saturated rings. The smallest absolute Gasteiger partial charge is 0.161 e. The zero-order valence-electron chi connectivity index (χ0n) is 11.3. The summed E-state index contributed by atoms with van der Waals surface area (Å²) in [6.45, 7) is 4.88. The molecule has 3 nitrogen and oxygen atoms in total. The van der Waals surface area contributed by atoms with E-state index in [-0.39, 0.29) is 0 Å². The number of unbranched alkanes of at least 4 members (excludes halogenated alkanes) is 3. The normalized spacial score (nSPS) is 15.0. The predicted octanol–water partition coefficient (Wildman–Crippen LogP) is 3.63. The Morgan fingerprint density at radius 1 is 1.16 bits per heavy atom. The predicted molar refractivity (Wildman–Crippen MR) is 75.7 cm³/mol. The van der Waals surface area contributed by atoms with Crippen LogP contribution in [-0.2, 0) is 0 Å². The Hall–Kier alpha value is -1.48. The molecule has 0 saturated carbocycles. The first kappa shape index (κ1) is 13.9. The van der Waals surface area contributed by atoms with Gasteiger partial charge in [-0.05, 0) is 37.0 Å². The number of benzene rings is 1. The van der Waals surface area contributed by atoms with Crippen molar-refractivity contribution in [2.45, 2.75) is 38.2 Å². The molecule has 1 atom stereocenters. The van der Waals surface area contributed by atoms with E-state index in [1.807, 2.05) is 24.3 Å². The van der Waals surface area contributed by atoms with E-state index in [2.05, 4.69) is 6.58 Å². The Balaban J connectivity index is 1.85. The van der Waals surface area contributed by atoms with Crippen molar-refractivity contribution < 1.29 is 14.6 Å². The van der Waals surface area contributed by atoms with E-state index in [4.69, 9.17) is 9.47 Å². The lowest BCUT2D eigenvalue weighted by Crippen LogP contribution is -2.15. The van der Waals surface area contributed by atoms with E-state index >= 15 is 0 Å². The van der Waals surface area contributed by atoms with Crippen LogP contribution in [0.2, 0.25) is 0 Å². The Kier molecular flexibility index (Phi) is 5.28. The molecule has 1 unspecified atom stereocenters. The van der Waals surface area contributed by atoms with Gasteiger partial charge in [-0.15, -0.1) is 6.58 Å². The van der Waals surface area contributed by atoms with Crippen LogP contribution in [0.4, 0.5) is 0 Å². The zero-order chi connectivity index (χ0) is 13.5. The van der Waals surface area contributed by atoms with Crippen molar-refractivity contribution in [3.05, 3.63) is 36.4 Å². The molecule has 0 spiro atoms. The Labute approximate surface area is 114 Å². The number of allylic oxidation sites excluding steroid dienone is 1. The first-order valence-electron chi connectivity index (χ1n) is 7.00. The van der Waals surface area contributed by atoms with Crippen molar-refractivity contribution in [2.75, 3.05) is 13.2 Å². The minimum absolute atomic E-state index is 0.417. The van der Waals surface area contributed by atoms with Gasteiger partial charge in [0.15, 0.2) is 11.5 Å². The lowest BCUT2D eigenvalue weighted by atomic mass is 10.0.